The van der Waals surface area contributed by atoms with Crippen molar-refractivity contribution in [3.8, 4) is 0 Å². The van der Waals surface area contributed by atoms with Crippen molar-refractivity contribution >= 4 is 47.9 Å². The average Bonchev–Trinajstić information content (AvgIpc) is 3.70. The monoisotopic (exact) mass is 718 g/mol. The summed E-state index contributed by atoms with van der Waals surface area (Å²) in [5.41, 5.74) is 7.78. The standard InChI is InChI=1S/C35H66N6O4Si3/c1-33(2,3)46(10,11)42-20-25-27(44-47(12,13)34(4,5)6)28(45-48(14,15)35(7,8)9)31(43-25)41-21-37-26-29(39-32(36)40-30(26)41)38-24-19-22-16-17-23(24)18-22/h21-25,27-28,31H,16-20H2,1-15H3,(H3,36,38,39,40)/t22-,23+,24-,25-,27-,28-,31-/m1/s1. The van der Waals surface area contributed by atoms with E-state index in [9.17, 15) is 0 Å². The molecule has 13 heteroatoms. The van der Waals surface area contributed by atoms with Crippen molar-refractivity contribution in [1.82, 2.24) is 19.5 Å². The van der Waals surface area contributed by atoms with Crippen LogP contribution < -0.4 is 11.1 Å². The van der Waals surface area contributed by atoms with Gasteiger partial charge in [0.1, 0.15) is 18.3 Å². The van der Waals surface area contributed by atoms with Crippen molar-refractivity contribution in [3.63, 3.8) is 0 Å². The molecule has 3 N–H and O–H groups in total. The van der Waals surface area contributed by atoms with Crippen LogP contribution in [-0.4, -0.2) is 75.4 Å². The first kappa shape index (κ1) is 37.9. The highest BCUT2D eigenvalue weighted by Crippen LogP contribution is 2.48. The Morgan fingerprint density at radius 2 is 1.42 bits per heavy atom. The number of rotatable bonds is 10. The molecular weight excluding hydrogens is 653 g/mol. The second-order valence-electron chi connectivity index (χ2n) is 19.5. The largest absolute Gasteiger partial charge is 0.414 e. The lowest BCUT2D eigenvalue weighted by Gasteiger charge is -2.44. The molecule has 1 aliphatic heterocycles. The molecule has 10 nitrogen and oxygen atoms in total. The molecule has 5 rings (SSSR count). The van der Waals surface area contributed by atoms with Crippen molar-refractivity contribution < 1.29 is 18.0 Å². The minimum Gasteiger partial charge on any atom is -0.414 e. The van der Waals surface area contributed by atoms with Gasteiger partial charge in [0.2, 0.25) is 5.95 Å². The number of nitrogens with one attached hydrogen (secondary N) is 1. The highest BCUT2D eigenvalue weighted by Gasteiger charge is 2.55. The molecule has 48 heavy (non-hydrogen) atoms. The highest BCUT2D eigenvalue weighted by atomic mass is 28.4. The summed E-state index contributed by atoms with van der Waals surface area (Å²) < 4.78 is 30.7. The number of imidazole rings is 1. The summed E-state index contributed by atoms with van der Waals surface area (Å²) in [6.45, 7) is 34.7. The zero-order chi connectivity index (χ0) is 35.8. The van der Waals surface area contributed by atoms with E-state index in [0.29, 0.717) is 35.5 Å². The third-order valence-electron chi connectivity index (χ3n) is 12.9. The minimum absolute atomic E-state index is 0.00107. The van der Waals surface area contributed by atoms with E-state index in [2.05, 4.69) is 112 Å². The zero-order valence-electron chi connectivity index (χ0n) is 32.7. The third-order valence-corrected chi connectivity index (χ3v) is 26.4. The van der Waals surface area contributed by atoms with Gasteiger partial charge in [-0.25, -0.2) is 4.98 Å². The van der Waals surface area contributed by atoms with Gasteiger partial charge in [0.15, 0.2) is 48.2 Å². The first-order valence-corrected chi connectivity index (χ1v) is 27.0. The molecule has 0 unspecified atom stereocenters. The van der Waals surface area contributed by atoms with Gasteiger partial charge in [0, 0.05) is 6.04 Å². The number of hydrogen-bond donors (Lipinski definition) is 2. The molecule has 0 spiro atoms. The predicted octanol–water partition coefficient (Wildman–Crippen LogP) is 8.71. The fourth-order valence-electron chi connectivity index (χ4n) is 6.69. The van der Waals surface area contributed by atoms with Gasteiger partial charge in [-0.05, 0) is 85.5 Å². The SMILES string of the molecule is CC(C)(C)[Si](C)(C)OC[C@H]1O[C@@H](n2cnc3c(N[C@@H]4C[C@@H]5CC[C@H]4C5)nc(N)nc32)[C@H](O[Si](C)(C)C(C)(C)C)[C@@H]1O[Si](C)(C)C(C)(C)C. The second-order valence-corrected chi connectivity index (χ2v) is 33.8. The van der Waals surface area contributed by atoms with Crippen LogP contribution in [0.4, 0.5) is 11.8 Å². The Labute approximate surface area is 293 Å². The van der Waals surface area contributed by atoms with Gasteiger partial charge in [0.05, 0.1) is 12.9 Å². The molecule has 3 heterocycles. The number of anilines is 2. The molecule has 3 fully saturated rings. The molecule has 1 saturated heterocycles. The van der Waals surface area contributed by atoms with Gasteiger partial charge in [0.25, 0.3) is 0 Å². The summed E-state index contributed by atoms with van der Waals surface area (Å²) in [5.74, 6) is 2.42. The molecule has 0 amide bonds. The fraction of sp³-hybridized carbons (Fsp3) is 0.857. The number of ether oxygens (including phenoxy) is 1. The lowest BCUT2D eigenvalue weighted by atomic mass is 9.95. The van der Waals surface area contributed by atoms with Gasteiger partial charge < -0.3 is 29.1 Å². The fourth-order valence-corrected chi connectivity index (χ4v) is 10.3. The summed E-state index contributed by atoms with van der Waals surface area (Å²) in [7, 11) is -6.67. The van der Waals surface area contributed by atoms with Crippen molar-refractivity contribution in [3.05, 3.63) is 6.33 Å². The van der Waals surface area contributed by atoms with E-state index in [1.165, 1.54) is 25.7 Å². The van der Waals surface area contributed by atoms with Crippen molar-refractivity contribution in [2.45, 2.75) is 173 Å². The summed E-state index contributed by atoms with van der Waals surface area (Å²) in [4.78, 5) is 14.3. The summed E-state index contributed by atoms with van der Waals surface area (Å²) >= 11 is 0. The normalized spacial score (nSPS) is 28.9. The molecule has 0 radical (unpaired) electrons. The van der Waals surface area contributed by atoms with Crippen molar-refractivity contribution in [2.75, 3.05) is 17.7 Å². The molecule has 2 aromatic heterocycles. The maximum absolute atomic E-state index is 7.38. The van der Waals surface area contributed by atoms with E-state index in [0.717, 1.165) is 5.92 Å². The average molecular weight is 719 g/mol. The van der Waals surface area contributed by atoms with E-state index in [1.807, 2.05) is 10.9 Å². The summed E-state index contributed by atoms with van der Waals surface area (Å²) in [6.07, 6.45) is 5.31. The van der Waals surface area contributed by atoms with E-state index in [-0.39, 0.29) is 33.3 Å². The number of fused-ring (bicyclic) bond motifs is 3. The topological polar surface area (TPSA) is 119 Å². The predicted molar refractivity (Wildman–Crippen MR) is 204 cm³/mol. The van der Waals surface area contributed by atoms with Crippen LogP contribution in [0.5, 0.6) is 0 Å². The van der Waals surface area contributed by atoms with Gasteiger partial charge in [-0.2, -0.15) is 9.97 Å². The van der Waals surface area contributed by atoms with Crippen molar-refractivity contribution in [2.24, 2.45) is 11.8 Å². The van der Waals surface area contributed by atoms with Crippen LogP contribution in [0.25, 0.3) is 11.2 Å². The van der Waals surface area contributed by atoms with E-state index in [4.69, 9.17) is 33.7 Å². The minimum atomic E-state index is -2.31. The van der Waals surface area contributed by atoms with Crippen LogP contribution in [0.15, 0.2) is 6.33 Å². The zero-order valence-corrected chi connectivity index (χ0v) is 35.7. The molecule has 3 aliphatic rings. The van der Waals surface area contributed by atoms with Crippen LogP contribution in [0.1, 0.15) is 94.2 Å². The second kappa shape index (κ2) is 12.7. The Balaban J connectivity index is 1.58. The van der Waals surface area contributed by atoms with Crippen LogP contribution in [0, 0.1) is 11.8 Å². The van der Waals surface area contributed by atoms with Gasteiger partial charge in [-0.15, -0.1) is 0 Å². The van der Waals surface area contributed by atoms with E-state index >= 15 is 0 Å². The van der Waals surface area contributed by atoms with Crippen LogP contribution in [0.3, 0.4) is 0 Å². The van der Waals surface area contributed by atoms with Crippen molar-refractivity contribution in [1.29, 1.82) is 0 Å². The number of nitrogens with two attached hydrogens (primary N) is 1. The number of aromatic nitrogens is 4. The van der Waals surface area contributed by atoms with Gasteiger partial charge in [-0.3, -0.25) is 4.57 Å². The maximum atomic E-state index is 7.38. The number of nitrogens with zero attached hydrogens (tertiary/aromatic N) is 4. The lowest BCUT2D eigenvalue weighted by molar-refractivity contribution is -0.0470. The van der Waals surface area contributed by atoms with Gasteiger partial charge in [-0.1, -0.05) is 68.7 Å². The molecule has 2 saturated carbocycles. The smallest absolute Gasteiger partial charge is 0.224 e. The molecule has 2 aliphatic carbocycles. The lowest BCUT2D eigenvalue weighted by Crippen LogP contribution is -2.54. The van der Waals surface area contributed by atoms with E-state index in [1.54, 1.807) is 0 Å². The maximum Gasteiger partial charge on any atom is 0.224 e. The number of nitrogen functional groups attached to an aromatic ring is 1. The first-order valence-electron chi connectivity index (χ1n) is 18.2. The molecule has 272 valence electrons. The molecule has 2 aromatic rings. The summed E-state index contributed by atoms with van der Waals surface area (Å²) in [5, 5.41) is 3.79. The van der Waals surface area contributed by atoms with Gasteiger partial charge >= 0.3 is 0 Å². The Morgan fingerprint density at radius 1 is 0.833 bits per heavy atom. The third kappa shape index (κ3) is 7.34. The molecule has 7 atom stereocenters. The summed E-state index contributed by atoms with van der Waals surface area (Å²) in [6, 6.07) is 0.392. The number of hydrogen-bond acceptors (Lipinski definition) is 9. The molecule has 2 bridgehead atoms. The highest BCUT2D eigenvalue weighted by molar-refractivity contribution is 6.75. The Hall–Kier alpha value is -1.36. The quantitative estimate of drug-likeness (QED) is 0.233. The molecular formula is C35H66N6O4Si3. The van der Waals surface area contributed by atoms with Crippen LogP contribution >= 0.6 is 0 Å². The van der Waals surface area contributed by atoms with E-state index < -0.39 is 37.3 Å². The van der Waals surface area contributed by atoms with Crippen LogP contribution in [0.2, 0.25) is 54.4 Å². The Kier molecular flexibility index (Phi) is 10.0. The Morgan fingerprint density at radius 3 is 1.94 bits per heavy atom. The Bertz CT molecular complexity index is 1460. The molecule has 0 aromatic carbocycles. The first-order chi connectivity index (χ1) is 21.8. The van der Waals surface area contributed by atoms with Crippen LogP contribution in [-0.2, 0) is 18.0 Å².